The molecule has 1 fully saturated rings. The van der Waals surface area contributed by atoms with E-state index in [9.17, 15) is 16.8 Å². The zero-order chi connectivity index (χ0) is 18.8. The summed E-state index contributed by atoms with van der Waals surface area (Å²) in [5, 5.41) is 0. The van der Waals surface area contributed by atoms with Gasteiger partial charge < -0.3 is 0 Å². The van der Waals surface area contributed by atoms with Gasteiger partial charge in [-0.05, 0) is 43.5 Å². The predicted molar refractivity (Wildman–Crippen MR) is 104 cm³/mol. The van der Waals surface area contributed by atoms with E-state index in [0.717, 1.165) is 12.0 Å². The quantitative estimate of drug-likeness (QED) is 0.845. The minimum absolute atomic E-state index is 0.121. The van der Waals surface area contributed by atoms with E-state index in [4.69, 9.17) is 0 Å². The maximum absolute atomic E-state index is 12.5. The fraction of sp³-hybridized carbons (Fsp3) is 0.333. The van der Waals surface area contributed by atoms with Gasteiger partial charge in [-0.25, -0.2) is 16.8 Å². The molecule has 1 aliphatic heterocycles. The molecule has 1 aliphatic rings. The molecule has 1 N–H and O–H groups in total. The smallest absolute Gasteiger partial charge is 0.236 e. The second kappa shape index (κ2) is 7.28. The molecule has 0 atom stereocenters. The molecular weight excluding hydrogens is 372 g/mol. The van der Waals surface area contributed by atoms with Crippen molar-refractivity contribution in [3.05, 3.63) is 59.7 Å². The third-order valence-corrected chi connectivity index (χ3v) is 7.33. The summed E-state index contributed by atoms with van der Waals surface area (Å²) in [6.07, 6.45) is 1.45. The van der Waals surface area contributed by atoms with E-state index < -0.39 is 20.0 Å². The summed E-state index contributed by atoms with van der Waals surface area (Å²) in [6.45, 7) is 2.33. The maximum atomic E-state index is 12.5. The van der Waals surface area contributed by atoms with Crippen LogP contribution < -0.4 is 9.03 Å². The molecule has 0 saturated carbocycles. The lowest BCUT2D eigenvalue weighted by Gasteiger charge is -2.28. The van der Waals surface area contributed by atoms with Gasteiger partial charge in [0, 0.05) is 6.54 Å². The van der Waals surface area contributed by atoms with Crippen LogP contribution in [0.5, 0.6) is 0 Å². The Kier molecular flexibility index (Phi) is 5.24. The first-order valence-corrected chi connectivity index (χ1v) is 11.7. The van der Waals surface area contributed by atoms with E-state index >= 15 is 0 Å². The number of hydrogen-bond donors (Lipinski definition) is 1. The Morgan fingerprint density at radius 3 is 2.58 bits per heavy atom. The van der Waals surface area contributed by atoms with Gasteiger partial charge in [0.25, 0.3) is 0 Å². The fourth-order valence-electron chi connectivity index (χ4n) is 3.04. The highest BCUT2D eigenvalue weighted by atomic mass is 32.2. The standard InChI is InChI=1S/C18H22N2O4S2/c1-15-6-4-7-16(12-15)14-25(21,22)19-17-8-5-9-18(13-17)20-10-2-3-11-26(20,23)24/h4-9,12-13,19H,2-3,10-11,14H2,1H3. The number of nitrogens with zero attached hydrogens (tertiary/aromatic N) is 1. The first kappa shape index (κ1) is 18.7. The molecule has 1 saturated heterocycles. The van der Waals surface area contributed by atoms with E-state index in [-0.39, 0.29) is 11.5 Å². The average Bonchev–Trinajstić information content (AvgIpc) is 2.53. The number of anilines is 2. The molecule has 3 rings (SSSR count). The third-order valence-electron chi connectivity index (χ3n) is 4.20. The van der Waals surface area contributed by atoms with E-state index in [1.54, 1.807) is 30.3 Å². The lowest BCUT2D eigenvalue weighted by atomic mass is 10.2. The van der Waals surface area contributed by atoms with Gasteiger partial charge in [-0.2, -0.15) is 0 Å². The molecule has 0 aromatic heterocycles. The summed E-state index contributed by atoms with van der Waals surface area (Å²) in [4.78, 5) is 0. The molecule has 0 unspecified atom stereocenters. The molecule has 6 nitrogen and oxygen atoms in total. The van der Waals surface area contributed by atoms with Crippen molar-refractivity contribution >= 4 is 31.4 Å². The summed E-state index contributed by atoms with van der Waals surface area (Å²) < 4.78 is 53.3. The lowest BCUT2D eigenvalue weighted by Crippen LogP contribution is -2.37. The van der Waals surface area contributed by atoms with Crippen LogP contribution >= 0.6 is 0 Å². The van der Waals surface area contributed by atoms with Crippen molar-refractivity contribution in [1.82, 2.24) is 0 Å². The second-order valence-electron chi connectivity index (χ2n) is 6.50. The monoisotopic (exact) mass is 394 g/mol. The van der Waals surface area contributed by atoms with Crippen LogP contribution in [0.2, 0.25) is 0 Å². The van der Waals surface area contributed by atoms with Gasteiger partial charge in [0.2, 0.25) is 20.0 Å². The molecule has 0 spiro atoms. The third kappa shape index (κ3) is 4.56. The molecule has 0 radical (unpaired) electrons. The summed E-state index contributed by atoms with van der Waals surface area (Å²) in [5.41, 5.74) is 2.54. The van der Waals surface area contributed by atoms with Crippen LogP contribution in [0, 0.1) is 6.92 Å². The molecule has 0 amide bonds. The molecule has 140 valence electrons. The zero-order valence-corrected chi connectivity index (χ0v) is 16.2. The Labute approximate surface area is 155 Å². The van der Waals surface area contributed by atoms with Gasteiger partial charge >= 0.3 is 0 Å². The first-order valence-electron chi connectivity index (χ1n) is 8.42. The van der Waals surface area contributed by atoms with Crippen LogP contribution in [0.4, 0.5) is 11.4 Å². The van der Waals surface area contributed by atoms with Crippen LogP contribution in [-0.2, 0) is 25.8 Å². The van der Waals surface area contributed by atoms with Crippen LogP contribution in [0.15, 0.2) is 48.5 Å². The second-order valence-corrected chi connectivity index (χ2v) is 10.2. The number of hydrogen-bond acceptors (Lipinski definition) is 4. The molecule has 1 heterocycles. The zero-order valence-electron chi connectivity index (χ0n) is 14.6. The molecule has 2 aromatic carbocycles. The highest BCUT2D eigenvalue weighted by Crippen LogP contribution is 2.26. The van der Waals surface area contributed by atoms with Crippen molar-refractivity contribution in [2.24, 2.45) is 0 Å². The van der Waals surface area contributed by atoms with Crippen LogP contribution in [0.3, 0.4) is 0 Å². The summed E-state index contributed by atoms with van der Waals surface area (Å²) in [5.74, 6) is -0.0166. The van der Waals surface area contributed by atoms with Crippen molar-refractivity contribution in [1.29, 1.82) is 0 Å². The normalized spacial score (nSPS) is 17.0. The van der Waals surface area contributed by atoms with Crippen molar-refractivity contribution in [3.8, 4) is 0 Å². The van der Waals surface area contributed by atoms with E-state index in [0.29, 0.717) is 29.9 Å². The average molecular weight is 395 g/mol. The first-order chi connectivity index (χ1) is 12.3. The number of benzene rings is 2. The Hall–Kier alpha value is -2.06. The van der Waals surface area contributed by atoms with Crippen molar-refractivity contribution in [2.75, 3.05) is 21.3 Å². The lowest BCUT2D eigenvalue weighted by molar-refractivity contribution is 0.574. The predicted octanol–water partition coefficient (Wildman–Crippen LogP) is 2.87. The minimum Gasteiger partial charge on any atom is -0.283 e. The molecule has 26 heavy (non-hydrogen) atoms. The van der Waals surface area contributed by atoms with Gasteiger partial charge in [-0.3, -0.25) is 9.03 Å². The Morgan fingerprint density at radius 2 is 1.85 bits per heavy atom. The highest BCUT2D eigenvalue weighted by molar-refractivity contribution is 7.92. The minimum atomic E-state index is -3.60. The SMILES string of the molecule is Cc1cccc(CS(=O)(=O)Nc2cccc(N3CCCCS3(=O)=O)c2)c1. The van der Waals surface area contributed by atoms with Crippen molar-refractivity contribution < 1.29 is 16.8 Å². The molecule has 8 heteroatoms. The largest absolute Gasteiger partial charge is 0.283 e. The Balaban J connectivity index is 1.80. The van der Waals surface area contributed by atoms with Crippen LogP contribution in [0.1, 0.15) is 24.0 Å². The Morgan fingerprint density at radius 1 is 1.08 bits per heavy atom. The summed E-state index contributed by atoms with van der Waals surface area (Å²) in [7, 11) is -6.93. The maximum Gasteiger partial charge on any atom is 0.236 e. The highest BCUT2D eigenvalue weighted by Gasteiger charge is 2.26. The summed E-state index contributed by atoms with van der Waals surface area (Å²) in [6, 6.07) is 13.8. The van der Waals surface area contributed by atoms with Gasteiger partial charge in [0.15, 0.2) is 0 Å². The van der Waals surface area contributed by atoms with Gasteiger partial charge in [-0.15, -0.1) is 0 Å². The topological polar surface area (TPSA) is 83.6 Å². The van der Waals surface area contributed by atoms with Crippen molar-refractivity contribution in [3.63, 3.8) is 0 Å². The van der Waals surface area contributed by atoms with Gasteiger partial charge in [0.1, 0.15) is 0 Å². The van der Waals surface area contributed by atoms with Gasteiger partial charge in [0.05, 0.1) is 22.9 Å². The summed E-state index contributed by atoms with van der Waals surface area (Å²) >= 11 is 0. The van der Waals surface area contributed by atoms with Crippen LogP contribution in [0.25, 0.3) is 0 Å². The van der Waals surface area contributed by atoms with E-state index in [1.807, 2.05) is 25.1 Å². The molecule has 0 aliphatic carbocycles. The molecule has 2 aromatic rings. The number of aryl methyl sites for hydroxylation is 1. The van der Waals surface area contributed by atoms with Crippen molar-refractivity contribution in [2.45, 2.75) is 25.5 Å². The fourth-order valence-corrected chi connectivity index (χ4v) is 5.85. The van der Waals surface area contributed by atoms with Gasteiger partial charge in [-0.1, -0.05) is 35.9 Å². The van der Waals surface area contributed by atoms with Crippen LogP contribution in [-0.4, -0.2) is 29.1 Å². The molecular formula is C18H22N2O4S2. The number of sulfonamides is 2. The number of nitrogens with one attached hydrogen (secondary N) is 1. The molecule has 0 bridgehead atoms. The van der Waals surface area contributed by atoms with E-state index in [2.05, 4.69) is 4.72 Å². The number of rotatable bonds is 5. The Bertz CT molecular complexity index is 1000. The van der Waals surface area contributed by atoms with E-state index in [1.165, 1.54) is 4.31 Å².